The van der Waals surface area contributed by atoms with E-state index >= 15 is 0 Å². The first-order valence-corrected chi connectivity index (χ1v) is 11.5. The van der Waals surface area contributed by atoms with Gasteiger partial charge in [0.15, 0.2) is 0 Å². The zero-order valence-corrected chi connectivity index (χ0v) is 19.5. The van der Waals surface area contributed by atoms with Crippen LogP contribution in [0, 0.1) is 0 Å². The highest BCUT2D eigenvalue weighted by atomic mass is 35.5. The van der Waals surface area contributed by atoms with Crippen LogP contribution in [0.25, 0.3) is 28.1 Å². The molecular formula is C29H26ClNO2. The Morgan fingerprint density at radius 1 is 1.00 bits per heavy atom. The molecule has 0 aliphatic heterocycles. The molecule has 33 heavy (non-hydrogen) atoms. The predicted octanol–water partition coefficient (Wildman–Crippen LogP) is 7.85. The fourth-order valence-corrected chi connectivity index (χ4v) is 4.47. The Bertz CT molecular complexity index is 1330. The van der Waals surface area contributed by atoms with Crippen LogP contribution < -0.4 is 0 Å². The maximum Gasteiger partial charge on any atom is 0.328 e. The third-order valence-electron chi connectivity index (χ3n) is 5.84. The number of rotatable bonds is 7. The van der Waals surface area contributed by atoms with E-state index in [0.717, 1.165) is 68.4 Å². The molecular weight excluding hydrogens is 430 g/mol. The number of benzene rings is 3. The molecule has 4 aromatic rings. The average Bonchev–Trinajstić information content (AvgIpc) is 3.25. The first kappa shape index (κ1) is 22.6. The third kappa shape index (κ3) is 4.94. The fraction of sp³-hybridized carbons (Fsp3) is 0.138. The number of carboxylic acid groups (broad SMARTS) is 1. The molecule has 0 bridgehead atoms. The van der Waals surface area contributed by atoms with Gasteiger partial charge in [0.2, 0.25) is 0 Å². The standard InChI is InChI=1S/C29H26ClNO2/c1-3-19-11-15-24(25(30)17-19)23(4-2)29(27-18-22-7-5-6-8-26(22)31-27)21-13-9-20(10-14-21)12-16-28(32)33/h5-18,31H,3-4H2,1-2H3,(H,32,33)/b16-12+,29-23+. The normalized spacial score (nSPS) is 12.3. The molecule has 4 heteroatoms. The van der Waals surface area contributed by atoms with E-state index in [-0.39, 0.29) is 0 Å². The van der Waals surface area contributed by atoms with Crippen LogP contribution in [0.4, 0.5) is 0 Å². The first-order chi connectivity index (χ1) is 16.0. The lowest BCUT2D eigenvalue weighted by atomic mass is 9.90. The molecule has 0 unspecified atom stereocenters. The second-order valence-corrected chi connectivity index (χ2v) is 8.35. The van der Waals surface area contributed by atoms with Crippen molar-refractivity contribution < 1.29 is 9.90 Å². The molecule has 0 radical (unpaired) electrons. The Balaban J connectivity index is 1.93. The van der Waals surface area contributed by atoms with Gasteiger partial charge in [0.1, 0.15) is 0 Å². The summed E-state index contributed by atoms with van der Waals surface area (Å²) in [5.41, 5.74) is 8.46. The summed E-state index contributed by atoms with van der Waals surface area (Å²) in [4.78, 5) is 14.5. The summed E-state index contributed by atoms with van der Waals surface area (Å²) in [7, 11) is 0. The van der Waals surface area contributed by atoms with Crippen molar-refractivity contribution in [1.29, 1.82) is 0 Å². The molecule has 0 saturated heterocycles. The van der Waals surface area contributed by atoms with Gasteiger partial charge in [-0.3, -0.25) is 0 Å². The van der Waals surface area contributed by atoms with Crippen molar-refractivity contribution in [3.8, 4) is 0 Å². The minimum absolute atomic E-state index is 0.751. The van der Waals surface area contributed by atoms with E-state index < -0.39 is 5.97 Å². The zero-order chi connectivity index (χ0) is 23.4. The van der Waals surface area contributed by atoms with Gasteiger partial charge in [-0.15, -0.1) is 0 Å². The number of allylic oxidation sites excluding steroid dienone is 1. The van der Waals surface area contributed by atoms with Crippen LogP contribution >= 0.6 is 11.6 Å². The monoisotopic (exact) mass is 455 g/mol. The number of fused-ring (bicyclic) bond motifs is 1. The molecule has 2 N–H and O–H groups in total. The van der Waals surface area contributed by atoms with E-state index in [2.05, 4.69) is 55.2 Å². The number of halogens is 1. The Labute approximate surface area is 199 Å². The minimum atomic E-state index is -0.962. The van der Waals surface area contributed by atoms with Gasteiger partial charge >= 0.3 is 5.97 Å². The summed E-state index contributed by atoms with van der Waals surface area (Å²) in [5.74, 6) is -0.962. The number of carbonyl (C=O) groups is 1. The van der Waals surface area contributed by atoms with Crippen LogP contribution in [-0.4, -0.2) is 16.1 Å². The molecule has 0 atom stereocenters. The summed E-state index contributed by atoms with van der Waals surface area (Å²) >= 11 is 6.77. The van der Waals surface area contributed by atoms with Crippen molar-refractivity contribution in [3.05, 3.63) is 112 Å². The molecule has 0 saturated carbocycles. The largest absolute Gasteiger partial charge is 0.478 e. The summed E-state index contributed by atoms with van der Waals surface area (Å²) < 4.78 is 0. The Kier molecular flexibility index (Phi) is 6.81. The van der Waals surface area contributed by atoms with Crippen molar-refractivity contribution in [2.24, 2.45) is 0 Å². The fourth-order valence-electron chi connectivity index (χ4n) is 4.15. The van der Waals surface area contributed by atoms with E-state index in [9.17, 15) is 4.79 Å². The van der Waals surface area contributed by atoms with Gasteiger partial charge in [-0.2, -0.15) is 0 Å². The van der Waals surface area contributed by atoms with Gasteiger partial charge in [0, 0.05) is 33.3 Å². The second-order valence-electron chi connectivity index (χ2n) is 7.94. The Morgan fingerprint density at radius 3 is 2.39 bits per heavy atom. The number of hydrogen-bond donors (Lipinski definition) is 2. The summed E-state index contributed by atoms with van der Waals surface area (Å²) in [6.07, 6.45) is 4.48. The number of nitrogens with one attached hydrogen (secondary N) is 1. The molecule has 0 amide bonds. The second kappa shape index (κ2) is 9.93. The molecule has 3 nitrogen and oxygen atoms in total. The first-order valence-electron chi connectivity index (χ1n) is 11.1. The van der Waals surface area contributed by atoms with E-state index in [1.807, 2.05) is 36.4 Å². The van der Waals surface area contributed by atoms with E-state index in [1.54, 1.807) is 6.08 Å². The van der Waals surface area contributed by atoms with Gasteiger partial charge in [-0.1, -0.05) is 80.0 Å². The summed E-state index contributed by atoms with van der Waals surface area (Å²) in [6, 6.07) is 24.7. The maximum atomic E-state index is 10.9. The highest BCUT2D eigenvalue weighted by Crippen LogP contribution is 2.38. The molecule has 0 spiro atoms. The number of aromatic amines is 1. The van der Waals surface area contributed by atoms with Gasteiger partial charge in [-0.05, 0) is 64.9 Å². The molecule has 3 aromatic carbocycles. The molecule has 4 rings (SSSR count). The highest BCUT2D eigenvalue weighted by Gasteiger charge is 2.17. The molecule has 1 aromatic heterocycles. The smallest absolute Gasteiger partial charge is 0.328 e. The molecule has 1 heterocycles. The molecule has 0 aliphatic rings. The molecule has 166 valence electrons. The van der Waals surface area contributed by atoms with Crippen LogP contribution in [0.15, 0.2) is 78.9 Å². The van der Waals surface area contributed by atoms with Crippen LogP contribution in [0.1, 0.15) is 48.2 Å². The van der Waals surface area contributed by atoms with E-state index in [0.29, 0.717) is 0 Å². The number of H-pyrrole nitrogens is 1. The predicted molar refractivity (Wildman–Crippen MR) is 138 cm³/mol. The lowest BCUT2D eigenvalue weighted by Gasteiger charge is -2.17. The Hall–Kier alpha value is -3.56. The van der Waals surface area contributed by atoms with Gasteiger partial charge < -0.3 is 10.1 Å². The van der Waals surface area contributed by atoms with Crippen molar-refractivity contribution in [3.63, 3.8) is 0 Å². The number of carboxylic acids is 1. The minimum Gasteiger partial charge on any atom is -0.478 e. The van der Waals surface area contributed by atoms with Crippen LogP contribution in [0.3, 0.4) is 0 Å². The number of aliphatic carboxylic acids is 1. The summed E-state index contributed by atoms with van der Waals surface area (Å²) in [5, 5.41) is 10.8. The topological polar surface area (TPSA) is 53.1 Å². The molecule has 0 fully saturated rings. The average molecular weight is 456 g/mol. The van der Waals surface area contributed by atoms with E-state index in [4.69, 9.17) is 16.7 Å². The summed E-state index contributed by atoms with van der Waals surface area (Å²) in [6.45, 7) is 4.27. The van der Waals surface area contributed by atoms with Gasteiger partial charge in [0.25, 0.3) is 0 Å². The number of aryl methyl sites for hydroxylation is 1. The quantitative estimate of drug-likeness (QED) is 0.220. The zero-order valence-electron chi connectivity index (χ0n) is 18.7. The van der Waals surface area contributed by atoms with E-state index in [1.165, 1.54) is 5.56 Å². The maximum absolute atomic E-state index is 10.9. The van der Waals surface area contributed by atoms with Crippen LogP contribution in [0.5, 0.6) is 0 Å². The lowest BCUT2D eigenvalue weighted by molar-refractivity contribution is -0.131. The van der Waals surface area contributed by atoms with Crippen LogP contribution in [-0.2, 0) is 11.2 Å². The lowest BCUT2D eigenvalue weighted by Crippen LogP contribution is -1.97. The van der Waals surface area contributed by atoms with Crippen molar-refractivity contribution in [2.45, 2.75) is 26.7 Å². The van der Waals surface area contributed by atoms with Gasteiger partial charge in [-0.25, -0.2) is 4.79 Å². The highest BCUT2D eigenvalue weighted by molar-refractivity contribution is 6.32. The number of hydrogen-bond acceptors (Lipinski definition) is 1. The SMILES string of the molecule is CC/C(=C(/c1ccc(/C=C/C(=O)O)cc1)c1cc2ccccc2[nH]1)c1ccc(CC)cc1Cl. The molecule has 0 aliphatic carbocycles. The number of aromatic nitrogens is 1. The third-order valence-corrected chi connectivity index (χ3v) is 6.15. The van der Waals surface area contributed by atoms with Crippen molar-refractivity contribution in [2.75, 3.05) is 0 Å². The van der Waals surface area contributed by atoms with Crippen molar-refractivity contribution in [1.82, 2.24) is 4.98 Å². The Morgan fingerprint density at radius 2 is 1.76 bits per heavy atom. The number of para-hydroxylation sites is 1. The van der Waals surface area contributed by atoms with Crippen molar-refractivity contribution >= 4 is 45.7 Å². The van der Waals surface area contributed by atoms with Gasteiger partial charge in [0.05, 0.1) is 0 Å². The van der Waals surface area contributed by atoms with Crippen LogP contribution in [0.2, 0.25) is 5.02 Å².